The maximum atomic E-state index is 6.12. The van der Waals surface area contributed by atoms with Crippen molar-refractivity contribution in [2.45, 2.75) is 38.5 Å². The standard InChI is InChI=1S/C19H27ClN4OS.HI/c1-5-16-15(17(6-2)25-24-16)11-22-19(21-3)23-12-18(26-4)13-8-7-9-14(20)10-13;/h7-10,18H,5-6,11-12H2,1-4H3,(H2,21,22,23);1H. The van der Waals surface area contributed by atoms with Gasteiger partial charge in [-0.15, -0.1) is 24.0 Å². The molecule has 0 aliphatic carbocycles. The highest BCUT2D eigenvalue weighted by atomic mass is 127. The minimum Gasteiger partial charge on any atom is -0.361 e. The molecule has 2 aromatic rings. The number of nitrogens with zero attached hydrogens (tertiary/aromatic N) is 2. The molecular weight excluding hydrogens is 495 g/mol. The highest BCUT2D eigenvalue weighted by Gasteiger charge is 2.15. The summed E-state index contributed by atoms with van der Waals surface area (Å²) in [6, 6.07) is 7.99. The van der Waals surface area contributed by atoms with Crippen molar-refractivity contribution < 1.29 is 4.52 Å². The number of rotatable bonds is 8. The topological polar surface area (TPSA) is 62.5 Å². The van der Waals surface area contributed by atoms with E-state index >= 15 is 0 Å². The fourth-order valence-corrected chi connectivity index (χ4v) is 3.63. The van der Waals surface area contributed by atoms with Gasteiger partial charge in [0.05, 0.1) is 5.69 Å². The summed E-state index contributed by atoms with van der Waals surface area (Å²) in [5.74, 6) is 1.70. The second-order valence-electron chi connectivity index (χ2n) is 5.82. The van der Waals surface area contributed by atoms with Gasteiger partial charge < -0.3 is 15.2 Å². The molecule has 0 saturated carbocycles. The van der Waals surface area contributed by atoms with Gasteiger partial charge in [-0.2, -0.15) is 11.8 Å². The van der Waals surface area contributed by atoms with Crippen molar-refractivity contribution in [3.05, 3.63) is 51.9 Å². The molecule has 8 heteroatoms. The number of thioether (sulfide) groups is 1. The lowest BCUT2D eigenvalue weighted by molar-refractivity contribution is 0.380. The molecule has 0 bridgehead atoms. The maximum absolute atomic E-state index is 6.12. The minimum absolute atomic E-state index is 0. The van der Waals surface area contributed by atoms with Crippen LogP contribution in [0.25, 0.3) is 0 Å². The Balaban J connectivity index is 0.00000364. The molecule has 1 aromatic carbocycles. The van der Waals surface area contributed by atoms with E-state index in [4.69, 9.17) is 16.1 Å². The van der Waals surface area contributed by atoms with Crippen LogP contribution in [0, 0.1) is 0 Å². The van der Waals surface area contributed by atoms with Gasteiger partial charge in [-0.25, -0.2) is 0 Å². The number of aliphatic imine (C=N–C) groups is 1. The highest BCUT2D eigenvalue weighted by molar-refractivity contribution is 14.0. The molecule has 0 radical (unpaired) electrons. The van der Waals surface area contributed by atoms with Gasteiger partial charge in [-0.1, -0.05) is 42.7 Å². The molecule has 1 aromatic heterocycles. The lowest BCUT2D eigenvalue weighted by atomic mass is 10.1. The number of aryl methyl sites for hydroxylation is 2. The lowest BCUT2D eigenvalue weighted by Crippen LogP contribution is -2.38. The predicted molar refractivity (Wildman–Crippen MR) is 127 cm³/mol. The zero-order valence-corrected chi connectivity index (χ0v) is 20.1. The Labute approximate surface area is 188 Å². The Morgan fingerprint density at radius 1 is 1.30 bits per heavy atom. The normalized spacial score (nSPS) is 12.4. The monoisotopic (exact) mass is 522 g/mol. The predicted octanol–water partition coefficient (Wildman–Crippen LogP) is 4.84. The van der Waals surface area contributed by atoms with Crippen LogP contribution < -0.4 is 10.6 Å². The molecule has 150 valence electrons. The zero-order chi connectivity index (χ0) is 18.9. The fraction of sp³-hybridized carbons (Fsp3) is 0.474. The first kappa shape index (κ1) is 24.1. The van der Waals surface area contributed by atoms with Gasteiger partial charge in [0.25, 0.3) is 0 Å². The van der Waals surface area contributed by atoms with Crippen LogP contribution in [-0.2, 0) is 19.4 Å². The molecule has 27 heavy (non-hydrogen) atoms. The number of hydrogen-bond donors (Lipinski definition) is 2. The molecule has 2 rings (SSSR count). The second-order valence-corrected chi connectivity index (χ2v) is 7.30. The van der Waals surface area contributed by atoms with Crippen LogP contribution in [0.2, 0.25) is 5.02 Å². The van der Waals surface area contributed by atoms with E-state index < -0.39 is 0 Å². The molecule has 0 saturated heterocycles. The SMILES string of the molecule is CCc1noc(CC)c1CNC(=NC)NCC(SC)c1cccc(Cl)c1.I. The van der Waals surface area contributed by atoms with Crippen molar-refractivity contribution in [3.8, 4) is 0 Å². The van der Waals surface area contributed by atoms with E-state index in [0.717, 1.165) is 47.4 Å². The molecule has 2 N–H and O–H groups in total. The molecule has 0 spiro atoms. The van der Waals surface area contributed by atoms with Crippen molar-refractivity contribution >= 4 is 53.3 Å². The van der Waals surface area contributed by atoms with E-state index in [9.17, 15) is 0 Å². The number of benzene rings is 1. The van der Waals surface area contributed by atoms with Crippen molar-refractivity contribution in [2.75, 3.05) is 19.8 Å². The van der Waals surface area contributed by atoms with Gasteiger partial charge in [0.2, 0.25) is 0 Å². The number of hydrogen-bond acceptors (Lipinski definition) is 4. The highest BCUT2D eigenvalue weighted by Crippen LogP contribution is 2.27. The lowest BCUT2D eigenvalue weighted by Gasteiger charge is -2.18. The van der Waals surface area contributed by atoms with Crippen LogP contribution in [0.4, 0.5) is 0 Å². The second kappa shape index (κ2) is 12.5. The van der Waals surface area contributed by atoms with Crippen LogP contribution in [0.1, 0.15) is 41.7 Å². The number of aromatic nitrogens is 1. The number of halogens is 2. The van der Waals surface area contributed by atoms with E-state index in [1.165, 1.54) is 5.56 Å². The first-order valence-corrected chi connectivity index (χ1v) is 10.5. The number of guanidine groups is 1. The Morgan fingerprint density at radius 3 is 2.67 bits per heavy atom. The van der Waals surface area contributed by atoms with E-state index in [2.05, 4.69) is 47.0 Å². The third kappa shape index (κ3) is 6.87. The van der Waals surface area contributed by atoms with Crippen LogP contribution in [0.15, 0.2) is 33.8 Å². The first-order valence-electron chi connectivity index (χ1n) is 8.81. The van der Waals surface area contributed by atoms with Gasteiger partial charge in [0, 0.05) is 42.4 Å². The van der Waals surface area contributed by atoms with Crippen LogP contribution in [-0.4, -0.2) is 31.0 Å². The third-order valence-electron chi connectivity index (χ3n) is 4.22. The van der Waals surface area contributed by atoms with Crippen molar-refractivity contribution in [3.63, 3.8) is 0 Å². The van der Waals surface area contributed by atoms with Gasteiger partial charge in [-0.05, 0) is 30.4 Å². The summed E-state index contributed by atoms with van der Waals surface area (Å²) in [6.45, 7) is 5.56. The fourth-order valence-electron chi connectivity index (χ4n) is 2.76. The molecule has 1 atom stereocenters. The summed E-state index contributed by atoms with van der Waals surface area (Å²) in [6.07, 6.45) is 3.79. The van der Waals surface area contributed by atoms with E-state index in [1.54, 1.807) is 18.8 Å². The average molecular weight is 523 g/mol. The van der Waals surface area contributed by atoms with Gasteiger partial charge in [-0.3, -0.25) is 4.99 Å². The molecule has 0 amide bonds. The van der Waals surface area contributed by atoms with Crippen LogP contribution in [0.5, 0.6) is 0 Å². The van der Waals surface area contributed by atoms with E-state index in [0.29, 0.717) is 11.8 Å². The summed E-state index contributed by atoms with van der Waals surface area (Å²) < 4.78 is 5.42. The largest absolute Gasteiger partial charge is 0.361 e. The molecule has 0 fully saturated rings. The maximum Gasteiger partial charge on any atom is 0.191 e. The van der Waals surface area contributed by atoms with Gasteiger partial charge in [0.1, 0.15) is 5.76 Å². The quantitative estimate of drug-likeness (QED) is 0.295. The van der Waals surface area contributed by atoms with Crippen LogP contribution in [0.3, 0.4) is 0 Å². The minimum atomic E-state index is 0. The average Bonchev–Trinajstić information content (AvgIpc) is 3.06. The molecule has 0 aliphatic heterocycles. The van der Waals surface area contributed by atoms with E-state index in [1.807, 2.05) is 18.2 Å². The molecule has 1 unspecified atom stereocenters. The molecular formula is C19H28ClIN4OS. The van der Waals surface area contributed by atoms with Crippen molar-refractivity contribution in [1.82, 2.24) is 15.8 Å². The summed E-state index contributed by atoms with van der Waals surface area (Å²) in [5.41, 5.74) is 3.34. The smallest absolute Gasteiger partial charge is 0.191 e. The Bertz CT molecular complexity index is 717. The third-order valence-corrected chi connectivity index (χ3v) is 5.47. The number of nitrogens with one attached hydrogen (secondary N) is 2. The van der Waals surface area contributed by atoms with E-state index in [-0.39, 0.29) is 24.0 Å². The van der Waals surface area contributed by atoms with Gasteiger partial charge in [0.15, 0.2) is 5.96 Å². The Hall–Kier alpha value is -0.930. The van der Waals surface area contributed by atoms with Gasteiger partial charge >= 0.3 is 0 Å². The zero-order valence-electron chi connectivity index (χ0n) is 16.2. The summed E-state index contributed by atoms with van der Waals surface area (Å²) >= 11 is 7.90. The summed E-state index contributed by atoms with van der Waals surface area (Å²) in [4.78, 5) is 4.32. The molecule has 5 nitrogen and oxygen atoms in total. The van der Waals surface area contributed by atoms with Crippen molar-refractivity contribution in [1.29, 1.82) is 0 Å². The summed E-state index contributed by atoms with van der Waals surface area (Å²) in [7, 11) is 1.78. The van der Waals surface area contributed by atoms with Crippen molar-refractivity contribution in [2.24, 2.45) is 4.99 Å². The molecule has 1 heterocycles. The molecule has 0 aliphatic rings. The van der Waals surface area contributed by atoms with Crippen LogP contribution >= 0.6 is 47.3 Å². The first-order chi connectivity index (χ1) is 12.6. The Kier molecular flexibility index (Phi) is 11.2. The Morgan fingerprint density at radius 2 is 2.07 bits per heavy atom. The summed E-state index contributed by atoms with van der Waals surface area (Å²) in [5, 5.41) is 12.0.